The molecule has 1 atom stereocenters. The average molecular weight is 400 g/mol. The summed E-state index contributed by atoms with van der Waals surface area (Å²) in [6.07, 6.45) is 1.70. The van der Waals surface area contributed by atoms with Gasteiger partial charge in [0.2, 0.25) is 5.91 Å². The van der Waals surface area contributed by atoms with Crippen LogP contribution in [0, 0.1) is 5.92 Å². The van der Waals surface area contributed by atoms with E-state index in [1.807, 2.05) is 25.1 Å². The first-order valence-electron chi connectivity index (χ1n) is 10.8. The van der Waals surface area contributed by atoms with Gasteiger partial charge in [-0.2, -0.15) is 0 Å². The summed E-state index contributed by atoms with van der Waals surface area (Å²) in [6, 6.07) is 22.9. The van der Waals surface area contributed by atoms with Gasteiger partial charge in [0.25, 0.3) is 0 Å². The van der Waals surface area contributed by atoms with Gasteiger partial charge >= 0.3 is 0 Å². The van der Waals surface area contributed by atoms with E-state index in [1.54, 1.807) is 0 Å². The van der Waals surface area contributed by atoms with E-state index in [0.717, 1.165) is 29.7 Å². The van der Waals surface area contributed by atoms with Crippen molar-refractivity contribution in [2.24, 2.45) is 5.92 Å². The van der Waals surface area contributed by atoms with E-state index in [2.05, 4.69) is 72.3 Å². The second kappa shape index (κ2) is 8.70. The standard InChI is InChI=1S/C26H29N3O/c1-4-19(5-2)26(30)27-18(3)25-28-23-15-8-9-16-24(23)29(25)17-21-13-10-12-20-11-6-7-14-22(20)21/h6-16,18-19H,4-5,17H2,1-3H3,(H,27,30). The number of nitrogens with zero attached hydrogens (tertiary/aromatic N) is 2. The first-order valence-corrected chi connectivity index (χ1v) is 10.8. The highest BCUT2D eigenvalue weighted by molar-refractivity contribution is 5.86. The van der Waals surface area contributed by atoms with Gasteiger partial charge in [-0.25, -0.2) is 4.98 Å². The number of aromatic nitrogens is 2. The zero-order valence-electron chi connectivity index (χ0n) is 17.9. The highest BCUT2D eigenvalue weighted by Gasteiger charge is 2.22. The van der Waals surface area contributed by atoms with Crippen LogP contribution in [0.2, 0.25) is 0 Å². The zero-order valence-corrected chi connectivity index (χ0v) is 17.9. The van der Waals surface area contributed by atoms with E-state index < -0.39 is 0 Å². The van der Waals surface area contributed by atoms with Gasteiger partial charge in [-0.15, -0.1) is 0 Å². The minimum absolute atomic E-state index is 0.0448. The van der Waals surface area contributed by atoms with Crippen LogP contribution < -0.4 is 5.32 Å². The van der Waals surface area contributed by atoms with E-state index in [1.165, 1.54) is 16.3 Å². The van der Waals surface area contributed by atoms with E-state index in [9.17, 15) is 4.79 Å². The summed E-state index contributed by atoms with van der Waals surface area (Å²) in [4.78, 5) is 17.6. The maximum Gasteiger partial charge on any atom is 0.223 e. The third-order valence-electron chi connectivity index (χ3n) is 5.99. The van der Waals surface area contributed by atoms with Crippen molar-refractivity contribution in [1.82, 2.24) is 14.9 Å². The van der Waals surface area contributed by atoms with E-state index >= 15 is 0 Å². The van der Waals surface area contributed by atoms with Crippen LogP contribution in [-0.2, 0) is 11.3 Å². The Bertz CT molecular complexity index is 1170. The van der Waals surface area contributed by atoms with E-state index in [-0.39, 0.29) is 17.9 Å². The van der Waals surface area contributed by atoms with Crippen LogP contribution in [0.3, 0.4) is 0 Å². The molecule has 30 heavy (non-hydrogen) atoms. The molecule has 0 aliphatic rings. The maximum absolute atomic E-state index is 12.7. The summed E-state index contributed by atoms with van der Waals surface area (Å²) in [6.45, 7) is 6.87. The van der Waals surface area contributed by atoms with Crippen molar-refractivity contribution in [2.45, 2.75) is 46.2 Å². The molecule has 1 amide bonds. The molecule has 1 heterocycles. The van der Waals surface area contributed by atoms with Crippen molar-refractivity contribution in [1.29, 1.82) is 0 Å². The molecule has 0 saturated heterocycles. The molecule has 1 unspecified atom stereocenters. The monoisotopic (exact) mass is 399 g/mol. The molecular weight excluding hydrogens is 370 g/mol. The Balaban J connectivity index is 1.74. The van der Waals surface area contributed by atoms with Crippen LogP contribution in [0.25, 0.3) is 21.8 Å². The number of nitrogens with one attached hydrogen (secondary N) is 1. The lowest BCUT2D eigenvalue weighted by Crippen LogP contribution is -2.33. The smallest absolute Gasteiger partial charge is 0.223 e. The zero-order chi connectivity index (χ0) is 21.1. The minimum atomic E-state index is -0.166. The average Bonchev–Trinajstić information content (AvgIpc) is 3.13. The molecule has 1 N–H and O–H groups in total. The number of carbonyl (C=O) groups is 1. The molecule has 4 nitrogen and oxygen atoms in total. The van der Waals surface area contributed by atoms with Gasteiger partial charge in [0.15, 0.2) is 0 Å². The van der Waals surface area contributed by atoms with Crippen LogP contribution in [0.15, 0.2) is 66.7 Å². The van der Waals surface area contributed by atoms with Gasteiger partial charge in [-0.1, -0.05) is 68.4 Å². The summed E-state index contributed by atoms with van der Waals surface area (Å²) in [5, 5.41) is 5.68. The summed E-state index contributed by atoms with van der Waals surface area (Å²) in [5.74, 6) is 1.04. The van der Waals surface area contributed by atoms with Crippen molar-refractivity contribution in [2.75, 3.05) is 0 Å². The fourth-order valence-corrected chi connectivity index (χ4v) is 4.25. The molecule has 0 radical (unpaired) electrons. The van der Waals surface area contributed by atoms with Crippen molar-refractivity contribution in [3.63, 3.8) is 0 Å². The van der Waals surface area contributed by atoms with Crippen LogP contribution in [0.4, 0.5) is 0 Å². The summed E-state index contributed by atoms with van der Waals surface area (Å²) >= 11 is 0. The quantitative estimate of drug-likeness (QED) is 0.424. The Kier molecular flexibility index (Phi) is 5.84. The van der Waals surface area contributed by atoms with Gasteiger partial charge in [0, 0.05) is 5.92 Å². The van der Waals surface area contributed by atoms with Gasteiger partial charge in [0.05, 0.1) is 23.6 Å². The molecule has 3 aromatic carbocycles. The number of para-hydroxylation sites is 2. The predicted molar refractivity (Wildman–Crippen MR) is 123 cm³/mol. The topological polar surface area (TPSA) is 46.9 Å². The molecule has 1 aromatic heterocycles. The fraction of sp³-hybridized carbons (Fsp3) is 0.308. The largest absolute Gasteiger partial charge is 0.346 e. The van der Waals surface area contributed by atoms with Crippen LogP contribution in [0.1, 0.15) is 51.0 Å². The molecule has 0 spiro atoms. The Morgan fingerprint density at radius 1 is 0.967 bits per heavy atom. The number of carbonyl (C=O) groups excluding carboxylic acids is 1. The first-order chi connectivity index (χ1) is 14.6. The second-order valence-corrected chi connectivity index (χ2v) is 7.93. The van der Waals surface area contributed by atoms with Crippen molar-refractivity contribution < 1.29 is 4.79 Å². The first kappa shape index (κ1) is 20.1. The normalized spacial score (nSPS) is 12.5. The van der Waals surface area contributed by atoms with Crippen LogP contribution in [-0.4, -0.2) is 15.5 Å². The lowest BCUT2D eigenvalue weighted by molar-refractivity contribution is -0.125. The molecule has 0 aliphatic carbocycles. The summed E-state index contributed by atoms with van der Waals surface area (Å²) < 4.78 is 2.24. The highest BCUT2D eigenvalue weighted by Crippen LogP contribution is 2.26. The van der Waals surface area contributed by atoms with E-state index in [4.69, 9.17) is 4.98 Å². The molecule has 0 bridgehead atoms. The van der Waals surface area contributed by atoms with Crippen molar-refractivity contribution in [3.8, 4) is 0 Å². The summed E-state index contributed by atoms with van der Waals surface area (Å²) in [5.41, 5.74) is 3.29. The molecule has 0 fully saturated rings. The summed E-state index contributed by atoms with van der Waals surface area (Å²) in [7, 11) is 0. The van der Waals surface area contributed by atoms with Crippen LogP contribution >= 0.6 is 0 Å². The van der Waals surface area contributed by atoms with Crippen molar-refractivity contribution in [3.05, 3.63) is 78.1 Å². The fourth-order valence-electron chi connectivity index (χ4n) is 4.25. The SMILES string of the molecule is CCC(CC)C(=O)NC(C)c1nc2ccccc2n1Cc1cccc2ccccc12. The molecular formula is C26H29N3O. The molecule has 0 aliphatic heterocycles. The number of rotatable bonds is 7. The third-order valence-corrected chi connectivity index (χ3v) is 5.99. The second-order valence-electron chi connectivity index (χ2n) is 7.93. The molecule has 154 valence electrons. The number of hydrogen-bond donors (Lipinski definition) is 1. The Labute approximate surface area is 177 Å². The number of hydrogen-bond acceptors (Lipinski definition) is 2. The Morgan fingerprint density at radius 2 is 1.67 bits per heavy atom. The minimum Gasteiger partial charge on any atom is -0.346 e. The lowest BCUT2D eigenvalue weighted by Gasteiger charge is -2.20. The van der Waals surface area contributed by atoms with Gasteiger partial charge in [-0.3, -0.25) is 4.79 Å². The predicted octanol–water partition coefficient (Wildman–Crippen LogP) is 5.85. The van der Waals surface area contributed by atoms with E-state index in [0.29, 0.717) is 6.54 Å². The Hall–Kier alpha value is -3.14. The number of benzene rings is 3. The van der Waals surface area contributed by atoms with Crippen LogP contribution in [0.5, 0.6) is 0 Å². The lowest BCUT2D eigenvalue weighted by atomic mass is 10.0. The molecule has 4 heteroatoms. The van der Waals surface area contributed by atoms with Gasteiger partial charge in [-0.05, 0) is 48.2 Å². The number of imidazole rings is 1. The maximum atomic E-state index is 12.7. The highest BCUT2D eigenvalue weighted by atomic mass is 16.1. The third kappa shape index (κ3) is 3.82. The molecule has 4 rings (SSSR count). The molecule has 0 saturated carbocycles. The number of fused-ring (bicyclic) bond motifs is 2. The van der Waals surface area contributed by atoms with Crippen molar-refractivity contribution >= 4 is 27.7 Å². The number of amides is 1. The molecule has 4 aromatic rings. The Morgan fingerprint density at radius 3 is 2.47 bits per heavy atom. The van der Waals surface area contributed by atoms with Gasteiger partial charge < -0.3 is 9.88 Å². The van der Waals surface area contributed by atoms with Gasteiger partial charge in [0.1, 0.15) is 5.82 Å².